The number of nitrogens with one attached hydrogen (secondary N) is 2. The van der Waals surface area contributed by atoms with E-state index >= 15 is 0 Å². The summed E-state index contributed by atoms with van der Waals surface area (Å²) in [4.78, 5) is 19.8. The van der Waals surface area contributed by atoms with Crippen molar-refractivity contribution in [1.82, 2.24) is 5.32 Å². The summed E-state index contributed by atoms with van der Waals surface area (Å²) in [6, 6.07) is 11.7. The molecule has 56 heavy (non-hydrogen) atoms. The third-order valence-electron chi connectivity index (χ3n) is 12.7. The van der Waals surface area contributed by atoms with Crippen LogP contribution in [0, 0.1) is 29.1 Å². The number of carbonyl (C=O) groups is 1. The molecule has 1 heterocycles. The maximum absolute atomic E-state index is 14.6. The summed E-state index contributed by atoms with van der Waals surface area (Å²) in [7, 11) is 3.22. The third-order valence-corrected chi connectivity index (χ3v) is 12.7. The number of ether oxygens (including phenoxy) is 6. The minimum absolute atomic E-state index is 0.0569. The Hall–Kier alpha value is -3.68. The molecule has 6 atom stereocenters. The molecule has 12 heteroatoms. The minimum atomic E-state index is -0.522. The van der Waals surface area contributed by atoms with Gasteiger partial charge >= 0.3 is 0 Å². The molecule has 5 aliphatic rings. The van der Waals surface area contributed by atoms with Crippen LogP contribution in [0.2, 0.25) is 0 Å². The van der Waals surface area contributed by atoms with Crippen LogP contribution in [-0.2, 0) is 23.7 Å². The van der Waals surface area contributed by atoms with E-state index in [9.17, 15) is 4.79 Å². The number of benzene rings is 2. The van der Waals surface area contributed by atoms with Gasteiger partial charge in [0.05, 0.1) is 74.4 Å². The zero-order valence-electron chi connectivity index (χ0n) is 34.3. The molecule has 4 saturated carbocycles. The lowest BCUT2D eigenvalue weighted by Crippen LogP contribution is -2.76. The van der Waals surface area contributed by atoms with E-state index in [1.165, 1.54) is 19.3 Å². The Morgan fingerprint density at radius 1 is 0.982 bits per heavy atom. The van der Waals surface area contributed by atoms with Crippen LogP contribution >= 0.6 is 0 Å². The molecular weight excluding hydrogens is 711 g/mol. The highest BCUT2D eigenvalue weighted by atomic mass is 16.8. The van der Waals surface area contributed by atoms with Gasteiger partial charge in [-0.1, -0.05) is 19.9 Å². The molecule has 6 N–H and O–H groups in total. The molecule has 1 saturated heterocycles. The summed E-state index contributed by atoms with van der Waals surface area (Å²) in [5.74, 6) is 3.03. The minimum Gasteiger partial charge on any atom is -0.496 e. The molecule has 2 aromatic rings. The average Bonchev–Trinajstić information content (AvgIpc) is 3.81. The Kier molecular flexibility index (Phi) is 11.8. The van der Waals surface area contributed by atoms with E-state index in [-0.39, 0.29) is 40.9 Å². The normalized spacial score (nSPS) is 30.3. The van der Waals surface area contributed by atoms with Gasteiger partial charge in [0.1, 0.15) is 17.6 Å². The quantitative estimate of drug-likeness (QED) is 0.0573. The van der Waals surface area contributed by atoms with Gasteiger partial charge in [0.2, 0.25) is 0 Å². The van der Waals surface area contributed by atoms with Crippen LogP contribution in [0.1, 0.15) is 83.8 Å². The molecule has 2 aromatic carbocycles. The van der Waals surface area contributed by atoms with Gasteiger partial charge in [0, 0.05) is 18.8 Å². The lowest BCUT2D eigenvalue weighted by Gasteiger charge is -2.64. The number of aliphatic imine (C=N–C) groups is 1. The van der Waals surface area contributed by atoms with Gasteiger partial charge in [-0.05, 0) is 130 Å². The Balaban J connectivity index is 1.18. The molecule has 1 aliphatic heterocycles. The summed E-state index contributed by atoms with van der Waals surface area (Å²) in [6.45, 7) is 13.6. The van der Waals surface area contributed by atoms with Crippen LogP contribution in [-0.4, -0.2) is 88.9 Å². The van der Waals surface area contributed by atoms with Crippen LogP contribution in [0.3, 0.4) is 0 Å². The maximum atomic E-state index is 14.6. The maximum Gasteiger partial charge on any atom is 0.267 e. The number of rotatable bonds is 19. The van der Waals surface area contributed by atoms with E-state index in [4.69, 9.17) is 44.9 Å². The number of epoxide rings is 1. The summed E-state index contributed by atoms with van der Waals surface area (Å²) in [5.41, 5.74) is 15.6. The molecule has 0 radical (unpaired) electrons. The largest absolute Gasteiger partial charge is 0.496 e. The van der Waals surface area contributed by atoms with Crippen molar-refractivity contribution in [3.63, 3.8) is 0 Å². The van der Waals surface area contributed by atoms with E-state index in [0.29, 0.717) is 86.0 Å². The van der Waals surface area contributed by atoms with Crippen molar-refractivity contribution in [2.24, 2.45) is 45.5 Å². The number of fused-ring (bicyclic) bond motifs is 2. The second-order valence-electron chi connectivity index (χ2n) is 17.7. The second-order valence-corrected chi connectivity index (χ2v) is 17.7. The Labute approximate surface area is 332 Å². The van der Waals surface area contributed by atoms with Crippen molar-refractivity contribution >= 4 is 23.0 Å². The van der Waals surface area contributed by atoms with E-state index < -0.39 is 5.54 Å². The Bertz CT molecular complexity index is 1760. The highest BCUT2D eigenvalue weighted by molar-refractivity contribution is 6.16. The van der Waals surface area contributed by atoms with Crippen molar-refractivity contribution in [3.05, 3.63) is 59.3 Å². The number of carbonyl (C=O) groups excluding carboxylic acids is 1. The van der Waals surface area contributed by atoms with Crippen molar-refractivity contribution in [2.45, 2.75) is 96.2 Å². The van der Waals surface area contributed by atoms with E-state index in [1.54, 1.807) is 20.3 Å². The predicted octanol–water partition coefficient (Wildman–Crippen LogP) is 6.05. The molecular formula is C44H63N5O7. The van der Waals surface area contributed by atoms with E-state index in [0.717, 1.165) is 29.8 Å². The Morgan fingerprint density at radius 3 is 2.25 bits per heavy atom. The lowest BCUT2D eigenvalue weighted by molar-refractivity contribution is -0.151. The van der Waals surface area contributed by atoms with Gasteiger partial charge in [0.25, 0.3) is 5.91 Å². The zero-order valence-corrected chi connectivity index (χ0v) is 34.3. The standard InChI is InChI=1S/C44H63N5O7/c1-26(2)30-22-29(47-14-16-54-18-17-53-15-13-45)11-12-32(30)48-33(38-34(51-6)9-8-10-35(38)52-7)23-31(46)40(50)49-44(39-41(55-39)56-42(3,4)5)36-20-27-19-28-21-37(44)43(36,24-27)25-28/h8-12,22-23,26-28,36-37,39,41,47H,13-21,24-25,45-46H2,1-7H3,(H,49,50). The topological polar surface area (TPSA) is 164 Å². The summed E-state index contributed by atoms with van der Waals surface area (Å²) >= 11 is 0. The first-order valence-electron chi connectivity index (χ1n) is 20.5. The smallest absolute Gasteiger partial charge is 0.267 e. The van der Waals surface area contributed by atoms with E-state index in [2.05, 4.69) is 30.5 Å². The third kappa shape index (κ3) is 7.79. The number of nitrogens with two attached hydrogens (primary N) is 2. The van der Waals surface area contributed by atoms with Crippen LogP contribution in [0.5, 0.6) is 11.5 Å². The highest BCUT2D eigenvalue weighted by Crippen LogP contribution is 2.80. The predicted molar refractivity (Wildman–Crippen MR) is 218 cm³/mol. The van der Waals surface area contributed by atoms with E-state index in [1.807, 2.05) is 51.1 Å². The first kappa shape index (κ1) is 40.5. The molecule has 3 bridgehead atoms. The van der Waals surface area contributed by atoms with Crippen molar-refractivity contribution < 1.29 is 33.2 Å². The molecule has 1 amide bonds. The van der Waals surface area contributed by atoms with Gasteiger partial charge in [-0.15, -0.1) is 0 Å². The molecule has 6 unspecified atom stereocenters. The van der Waals surface area contributed by atoms with Gasteiger partial charge in [0.15, 0.2) is 6.29 Å². The number of hydrogen-bond donors (Lipinski definition) is 4. The molecule has 0 aromatic heterocycles. The first-order chi connectivity index (χ1) is 26.8. The molecule has 12 nitrogen and oxygen atoms in total. The number of hydrogen-bond acceptors (Lipinski definition) is 11. The first-order valence-corrected chi connectivity index (χ1v) is 20.5. The number of methoxy groups -OCH3 is 2. The summed E-state index contributed by atoms with van der Waals surface area (Å²) in [5, 5.41) is 7.02. The average molecular weight is 774 g/mol. The van der Waals surface area contributed by atoms with Crippen molar-refractivity contribution in [1.29, 1.82) is 0 Å². The van der Waals surface area contributed by atoms with Gasteiger partial charge in [-0.2, -0.15) is 0 Å². The van der Waals surface area contributed by atoms with Crippen LogP contribution in [0.15, 0.2) is 53.2 Å². The fourth-order valence-corrected chi connectivity index (χ4v) is 10.9. The van der Waals surface area contributed by atoms with Crippen molar-refractivity contribution in [2.75, 3.05) is 59.1 Å². The zero-order chi connectivity index (χ0) is 39.8. The number of amides is 1. The number of anilines is 1. The van der Waals surface area contributed by atoms with Gasteiger partial charge in [-0.3, -0.25) is 4.79 Å². The number of allylic oxidation sites excluding steroid dienone is 1. The fraction of sp³-hybridized carbons (Fsp3) is 0.636. The van der Waals surface area contributed by atoms with Gasteiger partial charge < -0.3 is 50.5 Å². The summed E-state index contributed by atoms with van der Waals surface area (Å²) in [6.07, 6.45) is 7.16. The highest BCUT2D eigenvalue weighted by Gasteiger charge is 2.83. The fourth-order valence-electron chi connectivity index (χ4n) is 10.9. The molecule has 306 valence electrons. The van der Waals surface area contributed by atoms with Crippen LogP contribution in [0.25, 0.3) is 0 Å². The lowest BCUT2D eigenvalue weighted by atomic mass is 9.44. The summed E-state index contributed by atoms with van der Waals surface area (Å²) < 4.78 is 35.5. The van der Waals surface area contributed by atoms with Gasteiger partial charge in [-0.25, -0.2) is 4.99 Å². The molecule has 4 aliphatic carbocycles. The molecule has 7 rings (SSSR count). The SMILES string of the molecule is COc1cccc(OC)c1C(C=C(N)C(=O)NC1(C2OC2OC(C)(C)C)C2CC3CC4CC1C2(C3)C4)=Nc1ccc(NCCOCCOCCN)cc1C(C)C. The molecule has 5 fully saturated rings. The second kappa shape index (κ2) is 16.3. The van der Waals surface area contributed by atoms with Crippen molar-refractivity contribution in [3.8, 4) is 11.5 Å². The monoisotopic (exact) mass is 773 g/mol. The Morgan fingerprint density at radius 2 is 1.64 bits per heavy atom. The van der Waals surface area contributed by atoms with Crippen LogP contribution < -0.4 is 31.6 Å². The number of nitrogens with zero attached hydrogens (tertiary/aromatic N) is 1. The van der Waals surface area contributed by atoms with Crippen LogP contribution in [0.4, 0.5) is 11.4 Å². The molecule has 1 spiro atoms.